The van der Waals surface area contributed by atoms with Crippen LogP contribution in [0.1, 0.15) is 53.9 Å². The lowest BCUT2D eigenvalue weighted by Crippen LogP contribution is -2.55. The van der Waals surface area contributed by atoms with Crippen LogP contribution in [-0.4, -0.2) is 25.3 Å². The van der Waals surface area contributed by atoms with Crippen molar-refractivity contribution in [1.29, 1.82) is 0 Å². The van der Waals surface area contributed by atoms with Crippen LogP contribution < -0.4 is 0 Å². The molecule has 0 unspecified atom stereocenters. The minimum atomic E-state index is -0.478. The number of carbonyl (C=O) groups is 1. The van der Waals surface area contributed by atoms with Gasteiger partial charge in [-0.1, -0.05) is 27.7 Å². The highest BCUT2D eigenvalue weighted by Gasteiger charge is 2.52. The summed E-state index contributed by atoms with van der Waals surface area (Å²) in [4.78, 5) is 11.0. The highest BCUT2D eigenvalue weighted by Crippen LogP contribution is 2.53. The Hall–Kier alpha value is -0.410. The van der Waals surface area contributed by atoms with E-state index < -0.39 is 11.2 Å². The van der Waals surface area contributed by atoms with Crippen LogP contribution in [0.3, 0.4) is 0 Å². The van der Waals surface area contributed by atoms with E-state index in [0.29, 0.717) is 13.2 Å². The summed E-state index contributed by atoms with van der Waals surface area (Å²) in [6.45, 7) is 11.9. The first-order chi connectivity index (χ1) is 8.10. The van der Waals surface area contributed by atoms with Gasteiger partial charge in [0.25, 0.3) is 0 Å². The van der Waals surface area contributed by atoms with Crippen molar-refractivity contribution in [3.05, 3.63) is 0 Å². The van der Waals surface area contributed by atoms with Gasteiger partial charge in [-0.25, -0.2) is 0 Å². The molecule has 1 aliphatic heterocycles. The molecule has 0 bridgehead atoms. The Kier molecular flexibility index (Phi) is 3.14. The number of hydrogen-bond donors (Lipinski definition) is 0. The predicted molar refractivity (Wildman–Crippen MR) is 70.2 cm³/mol. The lowest BCUT2D eigenvalue weighted by atomic mass is 9.62. The quantitative estimate of drug-likeness (QED) is 0.674. The highest BCUT2D eigenvalue weighted by atomic mass is 16.7. The summed E-state index contributed by atoms with van der Waals surface area (Å²) >= 11 is 0. The maximum Gasteiger partial charge on any atom is 0.169 e. The Bertz CT molecular complexity index is 318. The van der Waals surface area contributed by atoms with Gasteiger partial charge in [0.1, 0.15) is 6.29 Å². The molecule has 0 aromatic carbocycles. The van der Waals surface area contributed by atoms with E-state index in [1.54, 1.807) is 0 Å². The third-order valence-electron chi connectivity index (χ3n) is 4.07. The molecule has 0 radical (unpaired) electrons. The van der Waals surface area contributed by atoms with Crippen LogP contribution >= 0.6 is 0 Å². The molecule has 0 N–H and O–H groups in total. The van der Waals surface area contributed by atoms with Crippen LogP contribution in [0, 0.1) is 16.2 Å². The second kappa shape index (κ2) is 4.04. The molecular formula is C15H26O3. The van der Waals surface area contributed by atoms with Gasteiger partial charge in [-0.3, -0.25) is 0 Å². The van der Waals surface area contributed by atoms with Gasteiger partial charge in [0.15, 0.2) is 5.79 Å². The SMILES string of the molecule is CC1(C)CC(C)(C)CC2(C1)OCC(C)(C=O)CO2. The van der Waals surface area contributed by atoms with Crippen LogP contribution in [0.2, 0.25) is 0 Å². The fraction of sp³-hybridized carbons (Fsp3) is 0.933. The Labute approximate surface area is 110 Å². The molecule has 0 atom stereocenters. The maximum atomic E-state index is 11.0. The van der Waals surface area contributed by atoms with Gasteiger partial charge in [-0.05, 0) is 24.2 Å². The van der Waals surface area contributed by atoms with Crippen LogP contribution in [-0.2, 0) is 14.3 Å². The molecule has 0 aromatic heterocycles. The lowest BCUT2D eigenvalue weighted by molar-refractivity contribution is -0.328. The molecule has 2 rings (SSSR count). The van der Waals surface area contributed by atoms with E-state index in [-0.39, 0.29) is 10.8 Å². The second-order valence-corrected chi connectivity index (χ2v) is 8.12. The molecule has 18 heavy (non-hydrogen) atoms. The van der Waals surface area contributed by atoms with Crippen molar-refractivity contribution in [2.75, 3.05) is 13.2 Å². The van der Waals surface area contributed by atoms with Gasteiger partial charge in [0, 0.05) is 12.8 Å². The van der Waals surface area contributed by atoms with E-state index >= 15 is 0 Å². The fourth-order valence-corrected chi connectivity index (χ4v) is 3.89. The third-order valence-corrected chi connectivity index (χ3v) is 4.07. The van der Waals surface area contributed by atoms with Crippen molar-refractivity contribution in [1.82, 2.24) is 0 Å². The van der Waals surface area contributed by atoms with Gasteiger partial charge in [-0.2, -0.15) is 0 Å². The number of aldehydes is 1. The average molecular weight is 254 g/mol. The Morgan fingerprint density at radius 2 is 1.28 bits per heavy atom. The van der Waals surface area contributed by atoms with E-state index in [1.165, 1.54) is 6.42 Å². The smallest absolute Gasteiger partial charge is 0.169 e. The minimum absolute atomic E-state index is 0.219. The predicted octanol–water partition coefficient (Wildman–Crippen LogP) is 3.17. The standard InChI is InChI=1S/C15H26O3/c1-12(2)6-13(3,4)8-15(7-12)17-10-14(5,9-16)11-18-15/h9H,6-8,10-11H2,1-5H3. The molecule has 0 amide bonds. The van der Waals surface area contributed by atoms with Gasteiger partial charge >= 0.3 is 0 Å². The first-order valence-corrected chi connectivity index (χ1v) is 6.84. The van der Waals surface area contributed by atoms with Crippen molar-refractivity contribution in [3.8, 4) is 0 Å². The van der Waals surface area contributed by atoms with Crippen molar-refractivity contribution < 1.29 is 14.3 Å². The van der Waals surface area contributed by atoms with Crippen LogP contribution in [0.5, 0.6) is 0 Å². The minimum Gasteiger partial charge on any atom is -0.349 e. The van der Waals surface area contributed by atoms with E-state index in [0.717, 1.165) is 19.1 Å². The van der Waals surface area contributed by atoms with Crippen LogP contribution in [0.15, 0.2) is 0 Å². The zero-order valence-electron chi connectivity index (χ0n) is 12.3. The topological polar surface area (TPSA) is 35.5 Å². The van der Waals surface area contributed by atoms with Crippen molar-refractivity contribution >= 4 is 6.29 Å². The molecular weight excluding hydrogens is 228 g/mol. The molecule has 3 nitrogen and oxygen atoms in total. The number of ether oxygens (including phenoxy) is 2. The van der Waals surface area contributed by atoms with E-state index in [1.807, 2.05) is 6.92 Å². The second-order valence-electron chi connectivity index (χ2n) is 8.12. The third kappa shape index (κ3) is 2.77. The fourth-order valence-electron chi connectivity index (χ4n) is 3.89. The number of hydrogen-bond acceptors (Lipinski definition) is 3. The first-order valence-electron chi connectivity index (χ1n) is 6.84. The van der Waals surface area contributed by atoms with E-state index in [4.69, 9.17) is 9.47 Å². The van der Waals surface area contributed by atoms with E-state index in [9.17, 15) is 4.79 Å². The zero-order valence-corrected chi connectivity index (χ0v) is 12.3. The molecule has 2 aliphatic rings. The summed E-state index contributed by atoms with van der Waals surface area (Å²) in [6.07, 6.45) is 3.97. The van der Waals surface area contributed by atoms with Crippen molar-refractivity contribution in [3.63, 3.8) is 0 Å². The zero-order chi connectivity index (χ0) is 13.7. The van der Waals surface area contributed by atoms with Gasteiger partial charge in [0.2, 0.25) is 0 Å². The maximum absolute atomic E-state index is 11.0. The molecule has 0 aromatic rings. The largest absolute Gasteiger partial charge is 0.349 e. The molecule has 104 valence electrons. The molecule has 1 saturated carbocycles. The van der Waals surface area contributed by atoms with Gasteiger partial charge in [0.05, 0.1) is 18.6 Å². The Morgan fingerprint density at radius 1 is 0.833 bits per heavy atom. The lowest BCUT2D eigenvalue weighted by Gasteiger charge is -2.54. The number of rotatable bonds is 1. The van der Waals surface area contributed by atoms with Crippen molar-refractivity contribution in [2.45, 2.75) is 59.7 Å². The highest BCUT2D eigenvalue weighted by molar-refractivity contribution is 5.59. The molecule has 1 aliphatic carbocycles. The molecule has 2 fully saturated rings. The molecule has 1 heterocycles. The average Bonchev–Trinajstić information content (AvgIpc) is 2.19. The van der Waals surface area contributed by atoms with Gasteiger partial charge < -0.3 is 14.3 Å². The van der Waals surface area contributed by atoms with E-state index in [2.05, 4.69) is 27.7 Å². The number of carbonyl (C=O) groups excluding carboxylic acids is 1. The molecule has 1 spiro atoms. The molecule has 3 heteroatoms. The summed E-state index contributed by atoms with van der Waals surface area (Å²) in [7, 11) is 0. The van der Waals surface area contributed by atoms with Crippen LogP contribution in [0.4, 0.5) is 0 Å². The molecule has 1 saturated heterocycles. The normalized spacial score (nSPS) is 32.1. The summed E-state index contributed by atoms with van der Waals surface area (Å²) in [5.41, 5.74) is -0.0374. The van der Waals surface area contributed by atoms with Crippen molar-refractivity contribution in [2.24, 2.45) is 16.2 Å². The first kappa shape index (κ1) is 14.0. The summed E-state index contributed by atoms with van der Waals surface area (Å²) in [5, 5.41) is 0. The van der Waals surface area contributed by atoms with Gasteiger partial charge in [-0.15, -0.1) is 0 Å². The van der Waals surface area contributed by atoms with Crippen LogP contribution in [0.25, 0.3) is 0 Å². The summed E-state index contributed by atoms with van der Waals surface area (Å²) in [5.74, 6) is -0.478. The summed E-state index contributed by atoms with van der Waals surface area (Å²) < 4.78 is 12.1. The monoisotopic (exact) mass is 254 g/mol. The Morgan fingerprint density at radius 3 is 1.67 bits per heavy atom. The summed E-state index contributed by atoms with van der Waals surface area (Å²) in [6, 6.07) is 0. The Balaban J connectivity index is 2.15.